The van der Waals surface area contributed by atoms with E-state index in [0.29, 0.717) is 4.96 Å². The first kappa shape index (κ1) is 11.9. The van der Waals surface area contributed by atoms with Crippen LogP contribution in [-0.4, -0.2) is 20.5 Å². The van der Waals surface area contributed by atoms with Gasteiger partial charge in [0, 0.05) is 17.1 Å². The van der Waals surface area contributed by atoms with Gasteiger partial charge in [-0.05, 0) is 31.0 Å². The van der Waals surface area contributed by atoms with Crippen LogP contribution in [0.25, 0.3) is 16.2 Å². The minimum atomic E-state index is -0.935. The fraction of sp³-hybridized carbons (Fsp3) is 0.143. The van der Waals surface area contributed by atoms with Crippen molar-refractivity contribution in [2.75, 3.05) is 0 Å². The van der Waals surface area contributed by atoms with Gasteiger partial charge in [0.2, 0.25) is 0 Å². The highest BCUT2D eigenvalue weighted by atomic mass is 32.1. The van der Waals surface area contributed by atoms with Crippen LogP contribution in [0.4, 0.5) is 0 Å². The Labute approximate surface area is 114 Å². The Morgan fingerprint density at radius 3 is 2.79 bits per heavy atom. The van der Waals surface area contributed by atoms with Gasteiger partial charge in [0.1, 0.15) is 5.69 Å². The van der Waals surface area contributed by atoms with Crippen LogP contribution in [0.5, 0.6) is 0 Å². The first-order valence-corrected chi connectivity index (χ1v) is 6.72. The summed E-state index contributed by atoms with van der Waals surface area (Å²) >= 11 is 1.34. The summed E-state index contributed by atoms with van der Waals surface area (Å²) in [5.74, 6) is -0.935. The van der Waals surface area contributed by atoms with E-state index in [-0.39, 0.29) is 5.69 Å². The second-order valence-electron chi connectivity index (χ2n) is 4.50. The van der Waals surface area contributed by atoms with Gasteiger partial charge < -0.3 is 5.11 Å². The van der Waals surface area contributed by atoms with E-state index in [4.69, 9.17) is 5.11 Å². The average Bonchev–Trinajstić information content (AvgIpc) is 2.91. The zero-order valence-corrected chi connectivity index (χ0v) is 11.4. The highest BCUT2D eigenvalue weighted by Gasteiger charge is 2.14. The Kier molecular flexibility index (Phi) is 2.64. The van der Waals surface area contributed by atoms with Crippen molar-refractivity contribution in [1.82, 2.24) is 9.38 Å². The van der Waals surface area contributed by atoms with Crippen LogP contribution in [0.3, 0.4) is 0 Å². The van der Waals surface area contributed by atoms with Crippen molar-refractivity contribution in [3.05, 3.63) is 46.6 Å². The molecule has 4 nitrogen and oxygen atoms in total. The molecule has 0 saturated carbocycles. The molecular formula is C14H12N2O2S. The number of carboxylic acid groups (broad SMARTS) is 1. The van der Waals surface area contributed by atoms with Gasteiger partial charge in [-0.1, -0.05) is 12.1 Å². The lowest BCUT2D eigenvalue weighted by Gasteiger charge is -2.02. The molecule has 2 heterocycles. The molecule has 96 valence electrons. The molecule has 1 aromatic carbocycles. The van der Waals surface area contributed by atoms with Gasteiger partial charge in [0.15, 0.2) is 4.96 Å². The van der Waals surface area contributed by atoms with Gasteiger partial charge in [0.25, 0.3) is 0 Å². The van der Waals surface area contributed by atoms with Crippen molar-refractivity contribution >= 4 is 22.3 Å². The Morgan fingerprint density at radius 1 is 1.32 bits per heavy atom. The number of hydrogen-bond acceptors (Lipinski definition) is 3. The quantitative estimate of drug-likeness (QED) is 0.778. The molecule has 0 bridgehead atoms. The first-order chi connectivity index (χ1) is 9.06. The van der Waals surface area contributed by atoms with E-state index in [1.54, 1.807) is 16.0 Å². The van der Waals surface area contributed by atoms with Crippen molar-refractivity contribution in [2.45, 2.75) is 13.8 Å². The number of aromatic carboxylic acids is 1. The Balaban J connectivity index is 2.15. The highest BCUT2D eigenvalue weighted by Crippen LogP contribution is 2.25. The number of thiazole rings is 1. The molecule has 2 aromatic heterocycles. The maximum atomic E-state index is 11.1. The fourth-order valence-electron chi connectivity index (χ4n) is 1.98. The lowest BCUT2D eigenvalue weighted by molar-refractivity contribution is 0.0689. The van der Waals surface area contributed by atoms with Crippen LogP contribution in [0.15, 0.2) is 29.8 Å². The lowest BCUT2D eigenvalue weighted by Crippen LogP contribution is -1.99. The second-order valence-corrected chi connectivity index (χ2v) is 5.34. The van der Waals surface area contributed by atoms with Crippen molar-refractivity contribution in [3.63, 3.8) is 0 Å². The molecule has 1 N–H and O–H groups in total. The molecule has 0 unspecified atom stereocenters. The van der Waals surface area contributed by atoms with Crippen LogP contribution >= 0.6 is 11.3 Å². The maximum absolute atomic E-state index is 11.1. The molecule has 0 amide bonds. The van der Waals surface area contributed by atoms with Crippen LogP contribution in [-0.2, 0) is 0 Å². The van der Waals surface area contributed by atoms with Gasteiger partial charge in [-0.3, -0.25) is 4.40 Å². The van der Waals surface area contributed by atoms with E-state index in [2.05, 4.69) is 31.0 Å². The van der Waals surface area contributed by atoms with E-state index >= 15 is 0 Å². The number of rotatable bonds is 2. The van der Waals surface area contributed by atoms with Crippen molar-refractivity contribution < 1.29 is 9.90 Å². The van der Waals surface area contributed by atoms with Gasteiger partial charge in [0.05, 0.1) is 5.69 Å². The third kappa shape index (κ3) is 1.92. The number of carboxylic acids is 1. The molecular weight excluding hydrogens is 260 g/mol. The standard InChI is InChI=1S/C14H12N2O2S/c1-8-3-4-10(5-9(8)2)11-6-16-12(13(17)18)7-19-14(16)15-11/h3-7H,1-2H3,(H,17,18). The summed E-state index contributed by atoms with van der Waals surface area (Å²) in [6.45, 7) is 4.12. The molecule has 0 atom stereocenters. The van der Waals surface area contributed by atoms with Gasteiger partial charge in [-0.2, -0.15) is 0 Å². The summed E-state index contributed by atoms with van der Waals surface area (Å²) in [6, 6.07) is 6.13. The molecule has 0 aliphatic carbocycles. The number of aryl methyl sites for hydroxylation is 2. The third-order valence-corrected chi connectivity index (χ3v) is 4.07. The highest BCUT2D eigenvalue weighted by molar-refractivity contribution is 7.15. The Morgan fingerprint density at radius 2 is 2.11 bits per heavy atom. The SMILES string of the molecule is Cc1ccc(-c2cn3c(C(=O)O)csc3n2)cc1C. The van der Waals surface area contributed by atoms with Gasteiger partial charge >= 0.3 is 5.97 Å². The Hall–Kier alpha value is -2.14. The molecule has 0 saturated heterocycles. The van der Waals surface area contributed by atoms with E-state index in [0.717, 1.165) is 11.3 Å². The number of fused-ring (bicyclic) bond motifs is 1. The molecule has 0 aliphatic rings. The normalized spacial score (nSPS) is 11.1. The molecule has 0 spiro atoms. The minimum Gasteiger partial charge on any atom is -0.477 e. The van der Waals surface area contributed by atoms with Crippen molar-refractivity contribution in [3.8, 4) is 11.3 Å². The molecule has 19 heavy (non-hydrogen) atoms. The predicted molar refractivity (Wildman–Crippen MR) is 74.9 cm³/mol. The summed E-state index contributed by atoms with van der Waals surface area (Å²) in [5.41, 5.74) is 4.50. The average molecular weight is 272 g/mol. The van der Waals surface area contributed by atoms with Crippen molar-refractivity contribution in [1.29, 1.82) is 0 Å². The summed E-state index contributed by atoms with van der Waals surface area (Å²) in [4.78, 5) is 16.3. The zero-order chi connectivity index (χ0) is 13.6. The summed E-state index contributed by atoms with van der Waals surface area (Å²) < 4.78 is 1.62. The summed E-state index contributed by atoms with van der Waals surface area (Å²) in [6.07, 6.45) is 1.78. The lowest BCUT2D eigenvalue weighted by atomic mass is 10.1. The fourth-order valence-corrected chi connectivity index (χ4v) is 2.82. The molecule has 0 radical (unpaired) electrons. The van der Waals surface area contributed by atoms with Gasteiger partial charge in [-0.15, -0.1) is 11.3 Å². The molecule has 3 rings (SSSR count). The zero-order valence-electron chi connectivity index (χ0n) is 10.5. The Bertz CT molecular complexity index is 786. The monoisotopic (exact) mass is 272 g/mol. The summed E-state index contributed by atoms with van der Waals surface area (Å²) in [7, 11) is 0. The van der Waals surface area contributed by atoms with E-state index in [9.17, 15) is 4.79 Å². The number of benzene rings is 1. The molecule has 0 aliphatic heterocycles. The number of imidazole rings is 1. The van der Waals surface area contributed by atoms with Gasteiger partial charge in [-0.25, -0.2) is 9.78 Å². The number of aromatic nitrogens is 2. The maximum Gasteiger partial charge on any atom is 0.353 e. The van der Waals surface area contributed by atoms with Crippen LogP contribution in [0.1, 0.15) is 21.6 Å². The van der Waals surface area contributed by atoms with Crippen molar-refractivity contribution in [2.24, 2.45) is 0 Å². The molecule has 5 heteroatoms. The predicted octanol–water partition coefficient (Wildman–Crippen LogP) is 3.38. The number of nitrogens with zero attached hydrogens (tertiary/aromatic N) is 2. The van der Waals surface area contributed by atoms with Crippen LogP contribution < -0.4 is 0 Å². The minimum absolute atomic E-state index is 0.252. The van der Waals surface area contributed by atoms with Crippen LogP contribution in [0.2, 0.25) is 0 Å². The smallest absolute Gasteiger partial charge is 0.353 e. The first-order valence-electron chi connectivity index (χ1n) is 5.84. The topological polar surface area (TPSA) is 54.6 Å². The van der Waals surface area contributed by atoms with E-state index in [1.807, 2.05) is 6.07 Å². The van der Waals surface area contributed by atoms with Crippen LogP contribution in [0, 0.1) is 13.8 Å². The second kappa shape index (κ2) is 4.20. The molecule has 0 fully saturated rings. The summed E-state index contributed by atoms with van der Waals surface area (Å²) in [5, 5.41) is 10.7. The van der Waals surface area contributed by atoms with E-state index < -0.39 is 5.97 Å². The molecule has 3 aromatic rings. The largest absolute Gasteiger partial charge is 0.477 e. The number of hydrogen-bond donors (Lipinski definition) is 1. The third-order valence-electron chi connectivity index (χ3n) is 3.23. The number of carbonyl (C=O) groups is 1. The van der Waals surface area contributed by atoms with E-state index in [1.165, 1.54) is 22.5 Å².